The highest BCUT2D eigenvalue weighted by atomic mass is 16.5. The SMILES string of the molecule is CC1OCCC1CNCCCOc1ccccc1. The summed E-state index contributed by atoms with van der Waals surface area (Å²) in [4.78, 5) is 0. The van der Waals surface area contributed by atoms with Gasteiger partial charge in [-0.15, -0.1) is 0 Å². The van der Waals surface area contributed by atoms with Gasteiger partial charge in [0.05, 0.1) is 12.7 Å². The minimum Gasteiger partial charge on any atom is -0.494 e. The summed E-state index contributed by atoms with van der Waals surface area (Å²) in [5.74, 6) is 1.63. The first-order chi connectivity index (χ1) is 8.86. The van der Waals surface area contributed by atoms with E-state index >= 15 is 0 Å². The van der Waals surface area contributed by atoms with Gasteiger partial charge in [-0.05, 0) is 44.4 Å². The second kappa shape index (κ2) is 7.39. The van der Waals surface area contributed by atoms with Crippen molar-refractivity contribution in [3.05, 3.63) is 30.3 Å². The molecule has 2 atom stereocenters. The van der Waals surface area contributed by atoms with E-state index in [-0.39, 0.29) is 0 Å². The first-order valence-electron chi connectivity index (χ1n) is 6.86. The molecule has 1 heterocycles. The van der Waals surface area contributed by atoms with Gasteiger partial charge in [-0.2, -0.15) is 0 Å². The van der Waals surface area contributed by atoms with Crippen LogP contribution in [0.5, 0.6) is 5.75 Å². The average Bonchev–Trinajstić information content (AvgIpc) is 2.81. The van der Waals surface area contributed by atoms with Gasteiger partial charge in [0.2, 0.25) is 0 Å². The van der Waals surface area contributed by atoms with Crippen molar-refractivity contribution < 1.29 is 9.47 Å². The minimum absolute atomic E-state index is 0.415. The number of nitrogens with one attached hydrogen (secondary N) is 1. The topological polar surface area (TPSA) is 30.5 Å². The molecule has 3 heteroatoms. The van der Waals surface area contributed by atoms with Gasteiger partial charge in [-0.1, -0.05) is 18.2 Å². The Morgan fingerprint density at radius 1 is 1.33 bits per heavy atom. The molecule has 2 unspecified atom stereocenters. The zero-order valence-corrected chi connectivity index (χ0v) is 11.1. The van der Waals surface area contributed by atoms with E-state index in [4.69, 9.17) is 9.47 Å². The van der Waals surface area contributed by atoms with Gasteiger partial charge in [-0.25, -0.2) is 0 Å². The smallest absolute Gasteiger partial charge is 0.119 e. The highest BCUT2D eigenvalue weighted by Crippen LogP contribution is 2.19. The molecule has 3 nitrogen and oxygen atoms in total. The van der Waals surface area contributed by atoms with E-state index in [0.29, 0.717) is 12.0 Å². The molecule has 1 aromatic rings. The lowest BCUT2D eigenvalue weighted by Gasteiger charge is -2.14. The van der Waals surface area contributed by atoms with E-state index in [1.807, 2.05) is 30.3 Å². The maximum atomic E-state index is 5.63. The van der Waals surface area contributed by atoms with Crippen LogP contribution in [0.4, 0.5) is 0 Å². The van der Waals surface area contributed by atoms with Crippen LogP contribution in [-0.4, -0.2) is 32.4 Å². The highest BCUT2D eigenvalue weighted by Gasteiger charge is 2.23. The molecule has 0 spiro atoms. The van der Waals surface area contributed by atoms with Crippen molar-refractivity contribution in [2.75, 3.05) is 26.3 Å². The van der Waals surface area contributed by atoms with E-state index < -0.39 is 0 Å². The third-order valence-corrected chi connectivity index (χ3v) is 3.45. The summed E-state index contributed by atoms with van der Waals surface area (Å²) >= 11 is 0. The van der Waals surface area contributed by atoms with Crippen molar-refractivity contribution in [1.29, 1.82) is 0 Å². The fraction of sp³-hybridized carbons (Fsp3) is 0.600. The molecule has 0 bridgehead atoms. The molecule has 1 aromatic carbocycles. The molecule has 2 rings (SSSR count). The van der Waals surface area contributed by atoms with E-state index in [1.54, 1.807) is 0 Å². The van der Waals surface area contributed by atoms with E-state index in [2.05, 4.69) is 12.2 Å². The largest absolute Gasteiger partial charge is 0.494 e. The summed E-state index contributed by atoms with van der Waals surface area (Å²) < 4.78 is 11.2. The molecule has 1 saturated heterocycles. The summed E-state index contributed by atoms with van der Waals surface area (Å²) in [6.07, 6.45) is 2.64. The fourth-order valence-corrected chi connectivity index (χ4v) is 2.24. The fourth-order valence-electron chi connectivity index (χ4n) is 2.24. The summed E-state index contributed by atoms with van der Waals surface area (Å²) in [5, 5.41) is 3.48. The molecule has 0 aromatic heterocycles. The lowest BCUT2D eigenvalue weighted by atomic mass is 10.0. The second-order valence-electron chi connectivity index (χ2n) is 4.84. The molecule has 0 amide bonds. The standard InChI is InChI=1S/C15H23NO2/c1-13-14(8-11-17-13)12-16-9-5-10-18-15-6-3-2-4-7-15/h2-4,6-7,13-14,16H,5,8-12H2,1H3. The lowest BCUT2D eigenvalue weighted by molar-refractivity contribution is 0.105. The maximum Gasteiger partial charge on any atom is 0.119 e. The molecule has 0 saturated carbocycles. The van der Waals surface area contributed by atoms with Crippen LogP contribution < -0.4 is 10.1 Å². The predicted octanol–water partition coefficient (Wildman–Crippen LogP) is 2.47. The van der Waals surface area contributed by atoms with Crippen LogP contribution in [0.25, 0.3) is 0 Å². The third-order valence-electron chi connectivity index (χ3n) is 3.45. The normalized spacial score (nSPS) is 23.2. The first-order valence-corrected chi connectivity index (χ1v) is 6.86. The van der Waals surface area contributed by atoms with Gasteiger partial charge in [0.25, 0.3) is 0 Å². The van der Waals surface area contributed by atoms with Crippen molar-refractivity contribution >= 4 is 0 Å². The van der Waals surface area contributed by atoms with Crippen LogP contribution in [0, 0.1) is 5.92 Å². The Labute approximate surface area is 109 Å². The molecule has 100 valence electrons. The molecular weight excluding hydrogens is 226 g/mol. The van der Waals surface area contributed by atoms with Gasteiger partial charge in [0, 0.05) is 13.2 Å². The zero-order valence-electron chi connectivity index (χ0n) is 11.1. The first kappa shape index (κ1) is 13.4. The molecular formula is C15H23NO2. The Kier molecular flexibility index (Phi) is 5.49. The number of benzene rings is 1. The Balaban J connectivity index is 1.49. The molecule has 18 heavy (non-hydrogen) atoms. The molecule has 1 aliphatic rings. The van der Waals surface area contributed by atoms with Crippen molar-refractivity contribution in [2.45, 2.75) is 25.9 Å². The summed E-state index contributed by atoms with van der Waals surface area (Å²) in [6.45, 7) is 5.93. The number of para-hydroxylation sites is 1. The van der Waals surface area contributed by atoms with Gasteiger partial charge in [0.1, 0.15) is 5.75 Å². The van der Waals surface area contributed by atoms with Crippen molar-refractivity contribution in [3.8, 4) is 5.75 Å². The maximum absolute atomic E-state index is 5.63. The third kappa shape index (κ3) is 4.31. The van der Waals surface area contributed by atoms with Gasteiger partial charge in [-0.3, -0.25) is 0 Å². The Bertz CT molecular complexity index is 329. The van der Waals surface area contributed by atoms with E-state index in [9.17, 15) is 0 Å². The summed E-state index contributed by atoms with van der Waals surface area (Å²) in [5.41, 5.74) is 0. The van der Waals surface area contributed by atoms with Crippen molar-refractivity contribution in [3.63, 3.8) is 0 Å². The van der Waals surface area contributed by atoms with Crippen molar-refractivity contribution in [1.82, 2.24) is 5.32 Å². The number of hydrogen-bond donors (Lipinski definition) is 1. The van der Waals surface area contributed by atoms with Gasteiger partial charge >= 0.3 is 0 Å². The van der Waals surface area contributed by atoms with Crippen LogP contribution in [0.3, 0.4) is 0 Å². The van der Waals surface area contributed by atoms with Crippen molar-refractivity contribution in [2.24, 2.45) is 5.92 Å². The number of rotatable bonds is 7. The lowest BCUT2D eigenvalue weighted by Crippen LogP contribution is -2.28. The van der Waals surface area contributed by atoms with Crippen LogP contribution in [0.15, 0.2) is 30.3 Å². The Morgan fingerprint density at radius 2 is 2.17 bits per heavy atom. The number of hydrogen-bond acceptors (Lipinski definition) is 3. The monoisotopic (exact) mass is 249 g/mol. The molecule has 0 radical (unpaired) electrons. The van der Waals surface area contributed by atoms with Gasteiger partial charge in [0.15, 0.2) is 0 Å². The molecule has 1 aliphatic heterocycles. The Morgan fingerprint density at radius 3 is 2.89 bits per heavy atom. The molecule has 1 fully saturated rings. The summed E-state index contributed by atoms with van der Waals surface area (Å²) in [7, 11) is 0. The predicted molar refractivity (Wildman–Crippen MR) is 72.9 cm³/mol. The average molecular weight is 249 g/mol. The minimum atomic E-state index is 0.415. The van der Waals surface area contributed by atoms with E-state index in [1.165, 1.54) is 6.42 Å². The molecule has 1 N–H and O–H groups in total. The van der Waals surface area contributed by atoms with E-state index in [0.717, 1.165) is 38.5 Å². The Hall–Kier alpha value is -1.06. The quantitative estimate of drug-likeness (QED) is 0.753. The van der Waals surface area contributed by atoms with Gasteiger partial charge < -0.3 is 14.8 Å². The summed E-state index contributed by atoms with van der Waals surface area (Å²) in [6, 6.07) is 9.97. The highest BCUT2D eigenvalue weighted by molar-refractivity contribution is 5.20. The molecule has 0 aliphatic carbocycles. The second-order valence-corrected chi connectivity index (χ2v) is 4.84. The zero-order chi connectivity index (χ0) is 12.6. The van der Waals surface area contributed by atoms with Crippen LogP contribution in [-0.2, 0) is 4.74 Å². The van der Waals surface area contributed by atoms with Crippen LogP contribution >= 0.6 is 0 Å². The van der Waals surface area contributed by atoms with Crippen LogP contribution in [0.1, 0.15) is 19.8 Å². The number of ether oxygens (including phenoxy) is 2. The van der Waals surface area contributed by atoms with Crippen LogP contribution in [0.2, 0.25) is 0 Å².